The number of carbonyl (C=O) groups is 1. The Kier molecular flexibility index (Phi) is 4.31. The first-order valence-corrected chi connectivity index (χ1v) is 9.36. The van der Waals surface area contributed by atoms with E-state index >= 15 is 0 Å². The van der Waals surface area contributed by atoms with Gasteiger partial charge >= 0.3 is 0 Å². The highest BCUT2D eigenvalue weighted by Crippen LogP contribution is 2.24. The molecule has 9 nitrogen and oxygen atoms in total. The van der Waals surface area contributed by atoms with E-state index in [0.29, 0.717) is 35.8 Å². The molecular formula is C20H17FN8O. The van der Waals surface area contributed by atoms with Gasteiger partial charge in [-0.2, -0.15) is 4.52 Å². The Bertz CT molecular complexity index is 1220. The minimum atomic E-state index is -0.346. The van der Waals surface area contributed by atoms with Crippen molar-refractivity contribution in [2.45, 2.75) is 6.04 Å². The van der Waals surface area contributed by atoms with Crippen LogP contribution in [0.3, 0.4) is 0 Å². The molecular weight excluding hydrogens is 387 g/mol. The molecule has 1 fully saturated rings. The van der Waals surface area contributed by atoms with E-state index in [2.05, 4.69) is 30.2 Å². The van der Waals surface area contributed by atoms with Crippen LogP contribution in [-0.2, 0) is 0 Å². The lowest BCUT2D eigenvalue weighted by Crippen LogP contribution is -2.60. The molecule has 5 rings (SSSR count). The fourth-order valence-electron chi connectivity index (χ4n) is 3.40. The lowest BCUT2D eigenvalue weighted by Gasteiger charge is -2.44. The van der Waals surface area contributed by atoms with Crippen molar-refractivity contribution < 1.29 is 9.18 Å². The number of benzene rings is 1. The highest BCUT2D eigenvalue weighted by molar-refractivity contribution is 5.92. The largest absolute Gasteiger partial charge is 0.351 e. The van der Waals surface area contributed by atoms with Gasteiger partial charge in [-0.3, -0.25) is 9.78 Å². The minimum absolute atomic E-state index is 0.0422. The van der Waals surface area contributed by atoms with Crippen LogP contribution in [0.25, 0.3) is 17.0 Å². The normalized spacial score (nSPS) is 14.0. The molecule has 4 aromatic rings. The van der Waals surface area contributed by atoms with Crippen molar-refractivity contribution in [3.8, 4) is 11.4 Å². The number of halogens is 1. The molecule has 1 saturated heterocycles. The van der Waals surface area contributed by atoms with E-state index in [4.69, 9.17) is 0 Å². The molecule has 0 saturated carbocycles. The van der Waals surface area contributed by atoms with Gasteiger partial charge in [0.1, 0.15) is 17.3 Å². The molecule has 0 atom stereocenters. The topological polar surface area (TPSA) is 92.4 Å². The smallest absolute Gasteiger partial charge is 0.274 e. The zero-order chi connectivity index (χ0) is 20.7. The number of aromatic nitrogens is 6. The van der Waals surface area contributed by atoms with Crippen LogP contribution in [0.1, 0.15) is 10.5 Å². The van der Waals surface area contributed by atoms with E-state index in [-0.39, 0.29) is 17.8 Å². The van der Waals surface area contributed by atoms with Crippen molar-refractivity contribution in [1.29, 1.82) is 0 Å². The fourth-order valence-corrected chi connectivity index (χ4v) is 3.40. The third-order valence-electron chi connectivity index (χ3n) is 5.17. The van der Waals surface area contributed by atoms with Gasteiger partial charge in [0, 0.05) is 38.1 Å². The maximum atomic E-state index is 13.6. The molecule has 1 amide bonds. The number of likely N-dealkylation sites (N-methyl/N-ethyl adjacent to an activating group) is 1. The van der Waals surface area contributed by atoms with Crippen LogP contribution in [0, 0.1) is 5.82 Å². The monoisotopic (exact) mass is 404 g/mol. The summed E-state index contributed by atoms with van der Waals surface area (Å²) in [5, 5.41) is 12.9. The van der Waals surface area contributed by atoms with E-state index in [1.54, 1.807) is 28.6 Å². The summed E-state index contributed by atoms with van der Waals surface area (Å²) in [6, 6.07) is 9.89. The first-order valence-electron chi connectivity index (χ1n) is 9.36. The summed E-state index contributed by atoms with van der Waals surface area (Å²) in [6.07, 6.45) is 4.50. The molecule has 150 valence electrons. The number of fused-ring (bicyclic) bond motifs is 1. The van der Waals surface area contributed by atoms with Gasteiger partial charge in [0.15, 0.2) is 11.5 Å². The SMILES string of the molecule is CN(C(=O)c1cnccn1)C1CN(c2ccc3nnc(-c4cccc(F)c4)n3n2)C1. The summed E-state index contributed by atoms with van der Waals surface area (Å²) in [6.45, 7) is 1.27. The van der Waals surface area contributed by atoms with Gasteiger partial charge in [-0.15, -0.1) is 15.3 Å². The van der Waals surface area contributed by atoms with Gasteiger partial charge in [-0.05, 0) is 24.3 Å². The molecule has 1 aliphatic rings. The number of nitrogens with zero attached hydrogens (tertiary/aromatic N) is 8. The van der Waals surface area contributed by atoms with Crippen molar-refractivity contribution >= 4 is 17.4 Å². The standard InChI is InChI=1S/C20H17FN8O/c1-27(20(30)16-10-22-7-8-23-16)15-11-28(12-15)18-6-5-17-24-25-19(29(17)26-18)13-3-2-4-14(21)9-13/h2-10,15H,11-12H2,1H3. The average molecular weight is 404 g/mol. The average Bonchev–Trinajstić information content (AvgIpc) is 3.16. The minimum Gasteiger partial charge on any atom is -0.351 e. The summed E-state index contributed by atoms with van der Waals surface area (Å²) in [7, 11) is 1.76. The van der Waals surface area contributed by atoms with E-state index in [0.717, 1.165) is 5.82 Å². The van der Waals surface area contributed by atoms with Crippen LogP contribution in [-0.4, -0.2) is 66.8 Å². The molecule has 1 aliphatic heterocycles. The van der Waals surface area contributed by atoms with E-state index in [1.165, 1.54) is 30.7 Å². The molecule has 0 spiro atoms. The number of rotatable bonds is 4. The highest BCUT2D eigenvalue weighted by atomic mass is 19.1. The molecule has 0 radical (unpaired) electrons. The molecule has 4 heterocycles. The summed E-state index contributed by atoms with van der Waals surface area (Å²) in [5.74, 6) is 0.695. The van der Waals surface area contributed by atoms with Crippen LogP contribution in [0.2, 0.25) is 0 Å². The number of amides is 1. The molecule has 3 aromatic heterocycles. The van der Waals surface area contributed by atoms with Gasteiger partial charge in [-0.1, -0.05) is 12.1 Å². The maximum Gasteiger partial charge on any atom is 0.274 e. The van der Waals surface area contributed by atoms with Gasteiger partial charge in [0.2, 0.25) is 0 Å². The molecule has 1 aromatic carbocycles. The lowest BCUT2D eigenvalue weighted by atomic mass is 10.1. The molecule has 0 N–H and O–H groups in total. The van der Waals surface area contributed by atoms with Crippen molar-refractivity contribution in [2.24, 2.45) is 0 Å². The second-order valence-electron chi connectivity index (χ2n) is 7.06. The van der Waals surface area contributed by atoms with Gasteiger partial charge in [0.25, 0.3) is 5.91 Å². The van der Waals surface area contributed by atoms with Crippen molar-refractivity contribution in [3.05, 3.63) is 66.5 Å². The van der Waals surface area contributed by atoms with Crippen LogP contribution < -0.4 is 4.90 Å². The van der Waals surface area contributed by atoms with Crippen molar-refractivity contribution in [2.75, 3.05) is 25.0 Å². The molecule has 30 heavy (non-hydrogen) atoms. The molecule has 10 heteroatoms. The van der Waals surface area contributed by atoms with Crippen LogP contribution in [0.15, 0.2) is 55.0 Å². The Balaban J connectivity index is 1.34. The first-order chi connectivity index (χ1) is 14.6. The second kappa shape index (κ2) is 7.14. The lowest BCUT2D eigenvalue weighted by molar-refractivity contribution is 0.0698. The third-order valence-corrected chi connectivity index (χ3v) is 5.17. The predicted octanol–water partition coefficient (Wildman–Crippen LogP) is 1.68. The maximum absolute atomic E-state index is 13.6. The van der Waals surface area contributed by atoms with Gasteiger partial charge in [0.05, 0.1) is 12.2 Å². The quantitative estimate of drug-likeness (QED) is 0.511. The van der Waals surface area contributed by atoms with Gasteiger partial charge in [-0.25, -0.2) is 9.37 Å². The Morgan fingerprint density at radius 3 is 2.80 bits per heavy atom. The summed E-state index contributed by atoms with van der Waals surface area (Å²) >= 11 is 0. The van der Waals surface area contributed by atoms with Crippen LogP contribution >= 0.6 is 0 Å². The highest BCUT2D eigenvalue weighted by Gasteiger charge is 2.34. The van der Waals surface area contributed by atoms with Crippen LogP contribution in [0.5, 0.6) is 0 Å². The summed E-state index contributed by atoms with van der Waals surface area (Å²) in [5.41, 5.74) is 1.50. The Morgan fingerprint density at radius 2 is 2.03 bits per heavy atom. The molecule has 0 unspecified atom stereocenters. The van der Waals surface area contributed by atoms with Crippen molar-refractivity contribution in [1.82, 2.24) is 34.7 Å². The number of anilines is 1. The van der Waals surface area contributed by atoms with Crippen molar-refractivity contribution in [3.63, 3.8) is 0 Å². The number of hydrogen-bond acceptors (Lipinski definition) is 7. The van der Waals surface area contributed by atoms with Gasteiger partial charge < -0.3 is 9.80 Å². The Labute approximate surface area is 170 Å². The third kappa shape index (κ3) is 3.11. The fraction of sp³-hybridized carbons (Fsp3) is 0.200. The predicted molar refractivity (Wildman–Crippen MR) is 106 cm³/mol. The second-order valence-corrected chi connectivity index (χ2v) is 7.06. The molecule has 0 aliphatic carbocycles. The number of hydrogen-bond donors (Lipinski definition) is 0. The summed E-state index contributed by atoms with van der Waals surface area (Å²) < 4.78 is 15.2. The Morgan fingerprint density at radius 1 is 1.17 bits per heavy atom. The number of carbonyl (C=O) groups excluding carboxylic acids is 1. The Hall–Kier alpha value is -3.95. The zero-order valence-corrected chi connectivity index (χ0v) is 16.1. The van der Waals surface area contributed by atoms with E-state index in [9.17, 15) is 9.18 Å². The summed E-state index contributed by atoms with van der Waals surface area (Å²) in [4.78, 5) is 24.3. The van der Waals surface area contributed by atoms with E-state index in [1.807, 2.05) is 12.1 Å². The van der Waals surface area contributed by atoms with Crippen LogP contribution in [0.4, 0.5) is 10.2 Å². The zero-order valence-electron chi connectivity index (χ0n) is 16.1. The first kappa shape index (κ1) is 18.1. The van der Waals surface area contributed by atoms with E-state index < -0.39 is 0 Å². The molecule has 0 bridgehead atoms.